The van der Waals surface area contributed by atoms with Crippen molar-refractivity contribution in [3.05, 3.63) is 0 Å². The van der Waals surface area contributed by atoms with Crippen molar-refractivity contribution in [2.75, 3.05) is 0 Å². The van der Waals surface area contributed by atoms with Gasteiger partial charge in [-0.15, -0.1) is 0 Å². The first-order valence-corrected chi connectivity index (χ1v) is 2.12. The number of carbonyl (C=O) groups is 2. The summed E-state index contributed by atoms with van der Waals surface area (Å²) in [5.41, 5.74) is 0. The van der Waals surface area contributed by atoms with Gasteiger partial charge in [0, 0.05) is 32.7 Å². The fourth-order valence-electron chi connectivity index (χ4n) is 0.351. The molecule has 0 saturated carbocycles. The summed E-state index contributed by atoms with van der Waals surface area (Å²) in [6.45, 7) is 2.81. The van der Waals surface area contributed by atoms with Crippen molar-refractivity contribution in [2.24, 2.45) is 0 Å². The second-order valence-electron chi connectivity index (χ2n) is 1.58. The molecule has 0 atom stereocenters. The van der Waals surface area contributed by atoms with Crippen LogP contribution in [0.15, 0.2) is 0 Å². The average molecular weight is 207 g/mol. The monoisotopic (exact) mass is 207 g/mol. The van der Waals surface area contributed by atoms with Gasteiger partial charge < -0.3 is 5.48 Å². The molecule has 0 amide bonds. The molecular formula is C5H10O3Y. The van der Waals surface area contributed by atoms with Crippen LogP contribution in [0.3, 0.4) is 0 Å². The largest absolute Gasteiger partial charge is 0.412 e. The van der Waals surface area contributed by atoms with Crippen LogP contribution >= 0.6 is 0 Å². The standard InChI is InChI=1S/C5H8O2.H2O.Y/c1-4(6)3-5(2)7;;/h3H2,1-2H3;1H2;. The fraction of sp³-hybridized carbons (Fsp3) is 0.600. The molecule has 4 heteroatoms. The maximum absolute atomic E-state index is 10.0. The second kappa shape index (κ2) is 8.40. The van der Waals surface area contributed by atoms with Gasteiger partial charge in [0.2, 0.25) is 0 Å². The average Bonchev–Trinajstić information content (AvgIpc) is 1.27. The first-order valence-electron chi connectivity index (χ1n) is 2.12. The van der Waals surface area contributed by atoms with E-state index in [9.17, 15) is 9.59 Å². The van der Waals surface area contributed by atoms with Gasteiger partial charge >= 0.3 is 0 Å². The molecule has 0 unspecified atom stereocenters. The van der Waals surface area contributed by atoms with E-state index in [1.54, 1.807) is 0 Å². The van der Waals surface area contributed by atoms with E-state index < -0.39 is 0 Å². The summed E-state index contributed by atoms with van der Waals surface area (Å²) in [4.78, 5) is 20.1. The Kier molecular flexibility index (Phi) is 15.1. The predicted octanol–water partition coefficient (Wildman–Crippen LogP) is -0.273. The number of carbonyl (C=O) groups excluding carboxylic acids is 2. The number of Topliss-reactive ketones (excluding diaryl/α,β-unsaturated/α-hetero) is 2. The molecule has 0 bridgehead atoms. The van der Waals surface area contributed by atoms with Gasteiger partial charge in [0.1, 0.15) is 11.6 Å². The molecule has 0 fully saturated rings. The summed E-state index contributed by atoms with van der Waals surface area (Å²) in [5.74, 6) is -0.125. The third-order valence-corrected chi connectivity index (χ3v) is 0.498. The van der Waals surface area contributed by atoms with Gasteiger partial charge in [-0.3, -0.25) is 9.59 Å². The van der Waals surface area contributed by atoms with E-state index in [2.05, 4.69) is 0 Å². The molecule has 0 aromatic heterocycles. The molecular weight excluding hydrogens is 197 g/mol. The second-order valence-corrected chi connectivity index (χ2v) is 1.58. The van der Waals surface area contributed by atoms with Crippen LogP contribution < -0.4 is 0 Å². The summed E-state index contributed by atoms with van der Waals surface area (Å²) in [6, 6.07) is 0. The first kappa shape index (κ1) is 16.2. The van der Waals surface area contributed by atoms with Crippen LogP contribution in [0.5, 0.6) is 0 Å². The Morgan fingerprint density at radius 1 is 1.11 bits per heavy atom. The molecule has 0 rings (SSSR count). The Balaban J connectivity index is -0.000000180. The van der Waals surface area contributed by atoms with Crippen LogP contribution in [0.2, 0.25) is 0 Å². The molecule has 2 N–H and O–H groups in total. The Bertz CT molecular complexity index is 88.4. The summed E-state index contributed by atoms with van der Waals surface area (Å²) >= 11 is 0. The molecule has 1 radical (unpaired) electrons. The van der Waals surface area contributed by atoms with Crippen molar-refractivity contribution in [3.8, 4) is 0 Å². The maximum Gasteiger partial charge on any atom is 0.137 e. The predicted molar refractivity (Wildman–Crippen MR) is 29.6 cm³/mol. The molecule has 0 spiro atoms. The van der Waals surface area contributed by atoms with Gasteiger partial charge in [-0.1, -0.05) is 0 Å². The van der Waals surface area contributed by atoms with Crippen molar-refractivity contribution >= 4 is 11.6 Å². The summed E-state index contributed by atoms with van der Waals surface area (Å²) in [6.07, 6.45) is 0.0833. The SMILES string of the molecule is CC(=O)CC(C)=O.O.[Y]. The molecule has 0 aliphatic heterocycles. The van der Waals surface area contributed by atoms with E-state index >= 15 is 0 Å². The minimum absolute atomic E-state index is 0. The van der Waals surface area contributed by atoms with E-state index in [1.807, 2.05) is 0 Å². The van der Waals surface area contributed by atoms with Crippen LogP contribution in [0, 0.1) is 0 Å². The van der Waals surface area contributed by atoms with E-state index in [0.29, 0.717) is 0 Å². The Morgan fingerprint density at radius 2 is 1.33 bits per heavy atom. The quantitative estimate of drug-likeness (QED) is 0.585. The molecule has 0 aliphatic carbocycles. The molecule has 0 heterocycles. The van der Waals surface area contributed by atoms with Crippen LogP contribution in [0.25, 0.3) is 0 Å². The van der Waals surface area contributed by atoms with Crippen LogP contribution in [0.4, 0.5) is 0 Å². The smallest absolute Gasteiger partial charge is 0.137 e. The molecule has 0 aliphatic rings. The first-order chi connectivity index (χ1) is 3.13. The van der Waals surface area contributed by atoms with Gasteiger partial charge in [-0.25, -0.2) is 0 Å². The zero-order valence-electron chi connectivity index (χ0n) is 5.60. The minimum atomic E-state index is -0.0625. The number of hydrogen-bond donors (Lipinski definition) is 0. The molecule has 3 nitrogen and oxygen atoms in total. The number of ketones is 2. The van der Waals surface area contributed by atoms with E-state index in [1.165, 1.54) is 13.8 Å². The molecule has 0 saturated heterocycles. The summed E-state index contributed by atoms with van der Waals surface area (Å²) in [7, 11) is 0. The fourth-order valence-corrected chi connectivity index (χ4v) is 0.351. The van der Waals surface area contributed by atoms with Crippen molar-refractivity contribution < 1.29 is 47.8 Å². The van der Waals surface area contributed by atoms with Gasteiger partial charge in [0.25, 0.3) is 0 Å². The maximum atomic E-state index is 10.0. The van der Waals surface area contributed by atoms with Gasteiger partial charge in [-0.05, 0) is 13.8 Å². The van der Waals surface area contributed by atoms with Gasteiger partial charge in [0.15, 0.2) is 0 Å². The van der Waals surface area contributed by atoms with E-state index in [0.717, 1.165) is 0 Å². The Morgan fingerprint density at radius 3 is 1.33 bits per heavy atom. The number of rotatable bonds is 2. The zero-order valence-corrected chi connectivity index (χ0v) is 8.44. The van der Waals surface area contributed by atoms with E-state index in [4.69, 9.17) is 0 Å². The third-order valence-electron chi connectivity index (χ3n) is 0.498. The Hall–Kier alpha value is 0.404. The van der Waals surface area contributed by atoms with Gasteiger partial charge in [0.05, 0.1) is 6.42 Å². The van der Waals surface area contributed by atoms with Crippen molar-refractivity contribution in [1.29, 1.82) is 0 Å². The van der Waals surface area contributed by atoms with Crippen molar-refractivity contribution in [3.63, 3.8) is 0 Å². The van der Waals surface area contributed by atoms with Crippen LogP contribution in [-0.4, -0.2) is 17.0 Å². The van der Waals surface area contributed by atoms with Crippen molar-refractivity contribution in [1.82, 2.24) is 0 Å². The minimum Gasteiger partial charge on any atom is -0.412 e. The molecule has 9 heavy (non-hydrogen) atoms. The molecule has 0 aromatic rings. The third kappa shape index (κ3) is 17.8. The topological polar surface area (TPSA) is 65.6 Å². The number of hydrogen-bond acceptors (Lipinski definition) is 2. The Labute approximate surface area is 79.4 Å². The summed E-state index contributed by atoms with van der Waals surface area (Å²) < 4.78 is 0. The van der Waals surface area contributed by atoms with Crippen LogP contribution in [-0.2, 0) is 42.3 Å². The normalized spacial score (nSPS) is 6.44. The summed E-state index contributed by atoms with van der Waals surface area (Å²) in [5, 5.41) is 0. The van der Waals surface area contributed by atoms with E-state index in [-0.39, 0.29) is 56.2 Å². The molecule has 0 aromatic carbocycles. The van der Waals surface area contributed by atoms with Crippen LogP contribution in [0.1, 0.15) is 20.3 Å². The van der Waals surface area contributed by atoms with Gasteiger partial charge in [-0.2, -0.15) is 0 Å². The van der Waals surface area contributed by atoms with Crippen molar-refractivity contribution in [2.45, 2.75) is 20.3 Å². The zero-order chi connectivity index (χ0) is 5.86. The molecule has 51 valence electrons.